The van der Waals surface area contributed by atoms with Gasteiger partial charge in [-0.2, -0.15) is 0 Å². The second-order valence-electron chi connectivity index (χ2n) is 11.8. The summed E-state index contributed by atoms with van der Waals surface area (Å²) in [6.45, 7) is 4.60. The number of hydrogen-bond donors (Lipinski definition) is 3. The van der Waals surface area contributed by atoms with Gasteiger partial charge in [-0.15, -0.1) is 0 Å². The maximum Gasteiger partial charge on any atom is 0.472 e. The number of hydrogen-bond acceptors (Lipinski definition) is 5. The summed E-state index contributed by atoms with van der Waals surface area (Å²) in [5.41, 5.74) is 0. The quantitative estimate of drug-likeness (QED) is 0.0386. The fourth-order valence-electron chi connectivity index (χ4n) is 3.97. The lowest BCUT2D eigenvalue weighted by atomic mass is 10.0. The fraction of sp³-hybridized carbons (Fsp3) is 0.727. The maximum absolute atomic E-state index is 12.6. The highest BCUT2D eigenvalue weighted by molar-refractivity contribution is 7.47. The number of phosphoric acid groups is 1. The van der Waals surface area contributed by atoms with E-state index in [1.54, 1.807) is 0 Å². The van der Waals surface area contributed by atoms with E-state index in [1.807, 2.05) is 21.1 Å². The number of unbranched alkanes of at least 4 members (excludes halogenated alkanes) is 6. The Morgan fingerprint density at radius 1 is 0.833 bits per heavy atom. The van der Waals surface area contributed by atoms with Crippen molar-refractivity contribution in [3.63, 3.8) is 0 Å². The molecule has 0 aromatic heterocycles. The summed E-state index contributed by atoms with van der Waals surface area (Å²) in [6.07, 6.45) is 28.9. The van der Waals surface area contributed by atoms with Crippen molar-refractivity contribution in [1.29, 1.82) is 0 Å². The topological polar surface area (TPSA) is 105 Å². The first-order valence-electron chi connectivity index (χ1n) is 16.0. The van der Waals surface area contributed by atoms with Gasteiger partial charge in [0, 0.05) is 6.42 Å². The Balaban J connectivity index is 4.51. The molecule has 3 unspecified atom stereocenters. The lowest BCUT2D eigenvalue weighted by Crippen LogP contribution is -2.46. The normalized spacial score (nSPS) is 15.7. The van der Waals surface area contributed by atoms with Crippen molar-refractivity contribution in [2.75, 3.05) is 40.9 Å². The van der Waals surface area contributed by atoms with Gasteiger partial charge in [-0.1, -0.05) is 94.6 Å². The lowest BCUT2D eigenvalue weighted by molar-refractivity contribution is -0.870. The number of nitrogens with zero attached hydrogens (tertiary/aromatic N) is 1. The van der Waals surface area contributed by atoms with Crippen LogP contribution in [-0.2, 0) is 18.4 Å². The number of likely N-dealkylation sites (N-methyl/N-ethyl adjacent to an activating group) is 1. The zero-order chi connectivity index (χ0) is 31.5. The number of phosphoric ester groups is 1. The molecular formula is C33H62N2O6P+. The molecule has 0 saturated carbocycles. The molecule has 0 aromatic rings. The Morgan fingerprint density at radius 3 is 2.02 bits per heavy atom. The van der Waals surface area contributed by atoms with Gasteiger partial charge in [0.1, 0.15) is 13.2 Å². The highest BCUT2D eigenvalue weighted by Crippen LogP contribution is 2.43. The molecule has 244 valence electrons. The molecule has 0 fully saturated rings. The van der Waals surface area contributed by atoms with E-state index < -0.39 is 20.0 Å². The van der Waals surface area contributed by atoms with Crippen LogP contribution >= 0.6 is 7.82 Å². The summed E-state index contributed by atoms with van der Waals surface area (Å²) in [5.74, 6) is -0.197. The molecule has 8 nitrogen and oxygen atoms in total. The molecule has 0 bridgehead atoms. The maximum atomic E-state index is 12.6. The number of carbonyl (C=O) groups excluding carboxylic acids is 1. The summed E-state index contributed by atoms with van der Waals surface area (Å²) in [5, 5.41) is 13.6. The highest BCUT2D eigenvalue weighted by Gasteiger charge is 2.28. The van der Waals surface area contributed by atoms with Crippen LogP contribution < -0.4 is 5.32 Å². The highest BCUT2D eigenvalue weighted by atomic mass is 31.2. The molecule has 0 aliphatic heterocycles. The van der Waals surface area contributed by atoms with Gasteiger partial charge < -0.3 is 19.8 Å². The fourth-order valence-corrected chi connectivity index (χ4v) is 4.71. The second-order valence-corrected chi connectivity index (χ2v) is 13.3. The SMILES string of the molecule is CC/C=C\C/C=C\C/C=C\C/C=C\CCCCC(=O)NC(COP(=O)(O)OCC[N+](C)(C)C)C(O)CCCCCCC. The number of aliphatic hydroxyl groups is 1. The van der Waals surface area contributed by atoms with Gasteiger partial charge in [0.25, 0.3) is 0 Å². The molecule has 0 aliphatic rings. The van der Waals surface area contributed by atoms with Crippen molar-refractivity contribution in [3.8, 4) is 0 Å². The van der Waals surface area contributed by atoms with E-state index in [1.165, 1.54) is 0 Å². The minimum atomic E-state index is -4.30. The standard InChI is InChI=1S/C33H61N2O6P/c1-6-8-10-12-13-14-15-16-17-18-19-20-21-23-25-27-33(37)34-31(32(36)26-24-22-11-9-7-2)30-41-42(38,39)40-29-28-35(3,4)5/h8,10,13-14,16-17,19-20,31-32,36H,6-7,9,11-12,15,18,21-30H2,1-5H3,(H-,34,37,38,39)/p+1/b10-8-,14-13-,17-16-,20-19-. The average Bonchev–Trinajstić information content (AvgIpc) is 2.92. The molecule has 0 spiro atoms. The molecule has 0 heterocycles. The van der Waals surface area contributed by atoms with Gasteiger partial charge in [-0.25, -0.2) is 4.57 Å². The van der Waals surface area contributed by atoms with Gasteiger partial charge in [-0.3, -0.25) is 13.8 Å². The summed E-state index contributed by atoms with van der Waals surface area (Å²) in [7, 11) is 1.57. The van der Waals surface area contributed by atoms with Crippen molar-refractivity contribution in [2.24, 2.45) is 0 Å². The molecule has 9 heteroatoms. The van der Waals surface area contributed by atoms with Crippen LogP contribution in [0.3, 0.4) is 0 Å². The van der Waals surface area contributed by atoms with Crippen LogP contribution in [0.4, 0.5) is 0 Å². The van der Waals surface area contributed by atoms with Gasteiger partial charge >= 0.3 is 7.82 Å². The smallest absolute Gasteiger partial charge is 0.391 e. The molecule has 42 heavy (non-hydrogen) atoms. The number of allylic oxidation sites excluding steroid dienone is 8. The monoisotopic (exact) mass is 613 g/mol. The van der Waals surface area contributed by atoms with Crippen molar-refractivity contribution >= 4 is 13.7 Å². The predicted molar refractivity (Wildman–Crippen MR) is 175 cm³/mol. The Labute approximate surface area is 257 Å². The summed E-state index contributed by atoms with van der Waals surface area (Å²) in [4.78, 5) is 22.7. The van der Waals surface area contributed by atoms with Gasteiger partial charge in [0.15, 0.2) is 0 Å². The van der Waals surface area contributed by atoms with E-state index in [2.05, 4.69) is 67.8 Å². The van der Waals surface area contributed by atoms with Crippen LogP contribution in [0, 0.1) is 0 Å². The van der Waals surface area contributed by atoms with Crippen LogP contribution in [0.25, 0.3) is 0 Å². The molecule has 3 atom stereocenters. The zero-order valence-electron chi connectivity index (χ0n) is 27.2. The van der Waals surface area contributed by atoms with Crippen molar-refractivity contribution in [3.05, 3.63) is 48.6 Å². The Morgan fingerprint density at radius 2 is 1.43 bits per heavy atom. The molecule has 0 saturated heterocycles. The van der Waals surface area contributed by atoms with Gasteiger partial charge in [0.2, 0.25) is 5.91 Å². The van der Waals surface area contributed by atoms with E-state index in [-0.39, 0.29) is 19.1 Å². The summed E-state index contributed by atoms with van der Waals surface area (Å²) >= 11 is 0. The van der Waals surface area contributed by atoms with Crippen LogP contribution in [0.1, 0.15) is 104 Å². The first-order chi connectivity index (χ1) is 20.0. The van der Waals surface area contributed by atoms with E-state index in [0.717, 1.165) is 77.0 Å². The zero-order valence-corrected chi connectivity index (χ0v) is 28.1. The number of nitrogens with one attached hydrogen (secondary N) is 1. The van der Waals surface area contributed by atoms with E-state index in [0.29, 0.717) is 23.9 Å². The van der Waals surface area contributed by atoms with Crippen LogP contribution in [0.5, 0.6) is 0 Å². The first-order valence-corrected chi connectivity index (χ1v) is 17.5. The number of carbonyl (C=O) groups is 1. The van der Waals surface area contributed by atoms with E-state index in [4.69, 9.17) is 9.05 Å². The molecule has 0 aliphatic carbocycles. The largest absolute Gasteiger partial charge is 0.472 e. The third-order valence-corrected chi connectivity index (χ3v) is 7.58. The molecule has 0 rings (SSSR count). The van der Waals surface area contributed by atoms with E-state index >= 15 is 0 Å². The van der Waals surface area contributed by atoms with Crippen LogP contribution in [-0.4, -0.2) is 73.4 Å². The summed E-state index contributed by atoms with van der Waals surface area (Å²) in [6, 6.07) is -0.777. The Hall–Kier alpha value is -1.54. The average molecular weight is 614 g/mol. The van der Waals surface area contributed by atoms with Crippen LogP contribution in [0.15, 0.2) is 48.6 Å². The number of rotatable bonds is 27. The molecular weight excluding hydrogens is 551 g/mol. The predicted octanol–water partition coefficient (Wildman–Crippen LogP) is 7.40. The second kappa shape index (κ2) is 25.9. The molecule has 0 radical (unpaired) electrons. The third-order valence-electron chi connectivity index (χ3n) is 6.59. The van der Waals surface area contributed by atoms with Crippen molar-refractivity contribution in [1.82, 2.24) is 5.32 Å². The van der Waals surface area contributed by atoms with E-state index in [9.17, 15) is 19.4 Å². The Kier molecular flexibility index (Phi) is 25.0. The third kappa shape index (κ3) is 27.3. The van der Waals surface area contributed by atoms with Crippen molar-refractivity contribution < 1.29 is 32.9 Å². The number of aliphatic hydroxyl groups excluding tert-OH is 1. The minimum Gasteiger partial charge on any atom is -0.391 e. The first kappa shape index (κ1) is 40.5. The van der Waals surface area contributed by atoms with Gasteiger partial charge in [-0.05, 0) is 51.4 Å². The molecule has 3 N–H and O–H groups in total. The molecule has 1 amide bonds. The van der Waals surface area contributed by atoms with Crippen LogP contribution in [0.2, 0.25) is 0 Å². The molecule has 0 aromatic carbocycles. The van der Waals surface area contributed by atoms with Gasteiger partial charge in [0.05, 0.1) is 39.9 Å². The lowest BCUT2D eigenvalue weighted by Gasteiger charge is -2.26. The number of amides is 1. The minimum absolute atomic E-state index is 0.0631. The number of quaternary nitrogens is 1. The summed E-state index contributed by atoms with van der Waals surface area (Å²) < 4.78 is 23.2. The van der Waals surface area contributed by atoms with Crippen molar-refractivity contribution in [2.45, 2.75) is 116 Å². The Bertz CT molecular complexity index is 835.